The fourth-order valence-corrected chi connectivity index (χ4v) is 1.56. The Balaban J connectivity index is 2.63. The summed E-state index contributed by atoms with van der Waals surface area (Å²) in [7, 11) is 0. The Bertz CT molecular complexity index is 335. The summed E-state index contributed by atoms with van der Waals surface area (Å²) in [5.41, 5.74) is 1.88. The summed E-state index contributed by atoms with van der Waals surface area (Å²) in [5.74, 6) is 0. The number of rotatable bonds is 5. The van der Waals surface area contributed by atoms with Gasteiger partial charge < -0.3 is 5.11 Å². The third kappa shape index (κ3) is 5.70. The van der Waals surface area contributed by atoms with Gasteiger partial charge in [-0.3, -0.25) is 4.90 Å². The van der Waals surface area contributed by atoms with E-state index in [4.69, 9.17) is 5.11 Å². The lowest BCUT2D eigenvalue weighted by atomic mass is 10.1. The molecule has 17 heavy (non-hydrogen) atoms. The Kier molecular flexibility index (Phi) is 4.96. The Hall–Kier alpha value is -1.07. The van der Waals surface area contributed by atoms with Crippen LogP contribution in [0.15, 0.2) is 24.3 Å². The minimum atomic E-state index is -4.24. The van der Waals surface area contributed by atoms with Crippen molar-refractivity contribution >= 4 is 0 Å². The van der Waals surface area contributed by atoms with Crippen LogP contribution in [-0.2, 0) is 6.54 Å². The van der Waals surface area contributed by atoms with Crippen molar-refractivity contribution < 1.29 is 18.3 Å². The molecule has 0 aliphatic rings. The van der Waals surface area contributed by atoms with Gasteiger partial charge in [-0.25, -0.2) is 0 Å². The van der Waals surface area contributed by atoms with Crippen LogP contribution in [0.5, 0.6) is 0 Å². The number of benzene rings is 1. The highest BCUT2D eigenvalue weighted by Gasteiger charge is 2.30. The molecule has 0 aliphatic heterocycles. The van der Waals surface area contributed by atoms with Crippen molar-refractivity contribution in [2.24, 2.45) is 0 Å². The molecular weight excluding hydrogens is 231 g/mol. The first-order valence-electron chi connectivity index (χ1n) is 5.36. The molecule has 0 spiro atoms. The van der Waals surface area contributed by atoms with E-state index < -0.39 is 12.7 Å². The van der Waals surface area contributed by atoms with Gasteiger partial charge in [0.2, 0.25) is 0 Å². The maximum atomic E-state index is 12.3. The smallest absolute Gasteiger partial charge is 0.395 e. The predicted octanol–water partition coefficient (Wildman–Crippen LogP) is 2.35. The molecule has 0 radical (unpaired) electrons. The molecule has 0 saturated carbocycles. The fraction of sp³-hybridized carbons (Fsp3) is 0.500. The molecule has 0 aromatic heterocycles. The van der Waals surface area contributed by atoms with Crippen LogP contribution in [0.25, 0.3) is 0 Å². The molecule has 1 rings (SSSR count). The van der Waals surface area contributed by atoms with Gasteiger partial charge in [-0.05, 0) is 12.5 Å². The summed E-state index contributed by atoms with van der Waals surface area (Å²) in [5, 5.41) is 8.75. The maximum Gasteiger partial charge on any atom is 0.401 e. The zero-order valence-corrected chi connectivity index (χ0v) is 9.67. The monoisotopic (exact) mass is 247 g/mol. The summed E-state index contributed by atoms with van der Waals surface area (Å²) in [6.45, 7) is 0.863. The predicted molar refractivity (Wildman–Crippen MR) is 59.6 cm³/mol. The van der Waals surface area contributed by atoms with Gasteiger partial charge in [0.25, 0.3) is 0 Å². The zero-order valence-electron chi connectivity index (χ0n) is 9.67. The molecule has 0 heterocycles. The molecule has 2 nitrogen and oxygen atoms in total. The Morgan fingerprint density at radius 3 is 2.24 bits per heavy atom. The molecule has 0 aliphatic carbocycles. The van der Waals surface area contributed by atoms with Crippen LogP contribution in [0.2, 0.25) is 0 Å². The maximum absolute atomic E-state index is 12.3. The van der Waals surface area contributed by atoms with Crippen LogP contribution >= 0.6 is 0 Å². The van der Waals surface area contributed by atoms with Gasteiger partial charge in [-0.1, -0.05) is 29.8 Å². The average molecular weight is 247 g/mol. The number of aryl methyl sites for hydroxylation is 1. The molecule has 0 fully saturated rings. The molecule has 1 aromatic carbocycles. The average Bonchev–Trinajstić information content (AvgIpc) is 2.19. The molecule has 5 heteroatoms. The minimum Gasteiger partial charge on any atom is -0.395 e. The van der Waals surface area contributed by atoms with Crippen LogP contribution in [0.4, 0.5) is 13.2 Å². The second kappa shape index (κ2) is 6.02. The van der Waals surface area contributed by atoms with E-state index in [1.807, 2.05) is 19.1 Å². The van der Waals surface area contributed by atoms with Crippen molar-refractivity contribution in [3.8, 4) is 0 Å². The first-order valence-corrected chi connectivity index (χ1v) is 5.36. The highest BCUT2D eigenvalue weighted by molar-refractivity contribution is 5.21. The van der Waals surface area contributed by atoms with Gasteiger partial charge in [0.05, 0.1) is 13.2 Å². The van der Waals surface area contributed by atoms with Gasteiger partial charge in [-0.2, -0.15) is 13.2 Å². The number of nitrogens with zero attached hydrogens (tertiary/aromatic N) is 1. The van der Waals surface area contributed by atoms with Gasteiger partial charge >= 0.3 is 6.18 Å². The molecule has 96 valence electrons. The second-order valence-electron chi connectivity index (χ2n) is 4.04. The van der Waals surface area contributed by atoms with Gasteiger partial charge in [0.15, 0.2) is 0 Å². The molecule has 0 unspecified atom stereocenters. The zero-order chi connectivity index (χ0) is 12.9. The molecule has 1 N–H and O–H groups in total. The largest absolute Gasteiger partial charge is 0.401 e. The lowest BCUT2D eigenvalue weighted by Crippen LogP contribution is -2.35. The Morgan fingerprint density at radius 1 is 1.18 bits per heavy atom. The Morgan fingerprint density at radius 2 is 1.76 bits per heavy atom. The van der Waals surface area contributed by atoms with E-state index in [2.05, 4.69) is 0 Å². The molecule has 0 saturated heterocycles. The van der Waals surface area contributed by atoms with Crippen molar-refractivity contribution in [3.05, 3.63) is 35.4 Å². The lowest BCUT2D eigenvalue weighted by molar-refractivity contribution is -0.147. The van der Waals surface area contributed by atoms with E-state index in [9.17, 15) is 13.2 Å². The number of alkyl halides is 3. The summed E-state index contributed by atoms with van der Waals surface area (Å²) in [6.07, 6.45) is -4.24. The van der Waals surface area contributed by atoms with E-state index in [0.29, 0.717) is 0 Å². The molecule has 0 amide bonds. The molecule has 0 bridgehead atoms. The highest BCUT2D eigenvalue weighted by atomic mass is 19.4. The summed E-state index contributed by atoms with van der Waals surface area (Å²) in [6, 6.07) is 7.33. The van der Waals surface area contributed by atoms with Crippen molar-refractivity contribution in [1.29, 1.82) is 0 Å². The van der Waals surface area contributed by atoms with E-state index in [0.717, 1.165) is 11.1 Å². The van der Waals surface area contributed by atoms with Crippen LogP contribution in [0, 0.1) is 6.92 Å². The number of hydrogen-bond donors (Lipinski definition) is 1. The first-order chi connectivity index (χ1) is 7.90. The van der Waals surface area contributed by atoms with Crippen LogP contribution in [0.3, 0.4) is 0 Å². The van der Waals surface area contributed by atoms with Gasteiger partial charge in [0.1, 0.15) is 0 Å². The van der Waals surface area contributed by atoms with E-state index in [-0.39, 0.29) is 19.7 Å². The molecule has 1 aromatic rings. The quantitative estimate of drug-likeness (QED) is 0.863. The highest BCUT2D eigenvalue weighted by Crippen LogP contribution is 2.18. The number of hydrogen-bond acceptors (Lipinski definition) is 2. The fourth-order valence-electron chi connectivity index (χ4n) is 1.56. The second-order valence-corrected chi connectivity index (χ2v) is 4.04. The summed E-state index contributed by atoms with van der Waals surface area (Å²) in [4.78, 5) is 1.19. The van der Waals surface area contributed by atoms with E-state index >= 15 is 0 Å². The van der Waals surface area contributed by atoms with Crippen molar-refractivity contribution in [3.63, 3.8) is 0 Å². The number of halogens is 3. The summed E-state index contributed by atoms with van der Waals surface area (Å²) >= 11 is 0. The summed E-state index contributed by atoms with van der Waals surface area (Å²) < 4.78 is 36.8. The SMILES string of the molecule is Cc1ccc(CN(CCO)CC(F)(F)F)cc1. The van der Waals surface area contributed by atoms with E-state index in [1.54, 1.807) is 12.1 Å². The standard InChI is InChI=1S/C12H16F3NO/c1-10-2-4-11(5-3-10)8-16(6-7-17)9-12(13,14)15/h2-5,17H,6-9H2,1H3. The normalized spacial score (nSPS) is 12.1. The third-order valence-corrected chi connectivity index (χ3v) is 2.35. The third-order valence-electron chi connectivity index (χ3n) is 2.35. The van der Waals surface area contributed by atoms with Crippen LogP contribution < -0.4 is 0 Å². The van der Waals surface area contributed by atoms with Gasteiger partial charge in [0, 0.05) is 13.1 Å². The Labute approximate surface area is 98.7 Å². The number of aliphatic hydroxyl groups is 1. The van der Waals surface area contributed by atoms with Gasteiger partial charge in [-0.15, -0.1) is 0 Å². The van der Waals surface area contributed by atoms with Crippen molar-refractivity contribution in [2.45, 2.75) is 19.6 Å². The van der Waals surface area contributed by atoms with Crippen LogP contribution in [0.1, 0.15) is 11.1 Å². The van der Waals surface area contributed by atoms with E-state index in [1.165, 1.54) is 4.90 Å². The first kappa shape index (κ1) is 14.0. The van der Waals surface area contributed by atoms with Crippen molar-refractivity contribution in [1.82, 2.24) is 4.90 Å². The van der Waals surface area contributed by atoms with Crippen LogP contribution in [-0.4, -0.2) is 35.9 Å². The molecular formula is C12H16F3NO. The molecule has 0 atom stereocenters. The van der Waals surface area contributed by atoms with Crippen molar-refractivity contribution in [2.75, 3.05) is 19.7 Å². The lowest BCUT2D eigenvalue weighted by Gasteiger charge is -2.22. The topological polar surface area (TPSA) is 23.5 Å². The number of aliphatic hydroxyl groups excluding tert-OH is 1. The minimum absolute atomic E-state index is 0.0212.